The summed E-state index contributed by atoms with van der Waals surface area (Å²) < 4.78 is 2.31. The number of nitrogens with zero attached hydrogens (tertiary/aromatic N) is 2. The number of hydrogen-bond acceptors (Lipinski definition) is 3. The Hall–Kier alpha value is -1.39. The van der Waals surface area contributed by atoms with Crippen LogP contribution in [0.3, 0.4) is 0 Å². The molecule has 0 spiro atoms. The molecule has 0 saturated heterocycles. The first-order valence-corrected chi connectivity index (χ1v) is 8.08. The quantitative estimate of drug-likeness (QED) is 0.746. The number of nitrogens with one attached hydrogen (secondary N) is 1. The first-order valence-electron chi connectivity index (χ1n) is 8.08. The molecule has 1 unspecified atom stereocenters. The lowest BCUT2D eigenvalue weighted by Gasteiger charge is -2.17. The number of para-hydroxylation sites is 2. The van der Waals surface area contributed by atoms with E-state index in [0.717, 1.165) is 50.1 Å². The topological polar surface area (TPSA) is 50.1 Å². The van der Waals surface area contributed by atoms with E-state index >= 15 is 0 Å². The molecule has 0 bridgehead atoms. The van der Waals surface area contributed by atoms with Crippen molar-refractivity contribution in [1.29, 1.82) is 0 Å². The third kappa shape index (κ3) is 4.05. The van der Waals surface area contributed by atoms with Gasteiger partial charge in [-0.05, 0) is 37.9 Å². The van der Waals surface area contributed by atoms with E-state index in [1.807, 2.05) is 6.07 Å². The van der Waals surface area contributed by atoms with E-state index in [1.54, 1.807) is 0 Å². The lowest BCUT2D eigenvalue weighted by molar-refractivity contribution is 0.231. The lowest BCUT2D eigenvalue weighted by Crippen LogP contribution is -2.34. The minimum Gasteiger partial charge on any atom is -0.395 e. The highest BCUT2D eigenvalue weighted by atomic mass is 16.3. The Balaban J connectivity index is 2.13. The number of rotatable bonds is 9. The van der Waals surface area contributed by atoms with Crippen molar-refractivity contribution >= 4 is 11.0 Å². The molecular formula is C17H27N3O. The lowest BCUT2D eigenvalue weighted by atomic mass is 10.2. The Morgan fingerprint density at radius 1 is 1.24 bits per heavy atom. The maximum atomic E-state index is 9.48. The van der Waals surface area contributed by atoms with Crippen LogP contribution in [0.25, 0.3) is 11.0 Å². The maximum absolute atomic E-state index is 9.48. The molecule has 116 valence electrons. The van der Waals surface area contributed by atoms with Crippen molar-refractivity contribution in [2.24, 2.45) is 0 Å². The first-order chi connectivity index (χ1) is 10.3. The van der Waals surface area contributed by atoms with E-state index in [0.29, 0.717) is 0 Å². The molecule has 0 saturated carbocycles. The predicted molar refractivity (Wildman–Crippen MR) is 87.5 cm³/mol. The second kappa shape index (κ2) is 8.15. The molecule has 0 radical (unpaired) electrons. The van der Waals surface area contributed by atoms with Gasteiger partial charge in [0.05, 0.1) is 17.6 Å². The number of aryl methyl sites for hydroxylation is 2. The highest BCUT2D eigenvalue weighted by Crippen LogP contribution is 2.18. The van der Waals surface area contributed by atoms with Crippen molar-refractivity contribution in [2.45, 2.75) is 52.1 Å². The molecule has 4 heteroatoms. The molecule has 0 fully saturated rings. The minimum absolute atomic E-state index is 0.167. The number of aliphatic hydroxyl groups excluding tert-OH is 1. The van der Waals surface area contributed by atoms with Gasteiger partial charge in [0.2, 0.25) is 0 Å². The average molecular weight is 289 g/mol. The van der Waals surface area contributed by atoms with Crippen molar-refractivity contribution < 1.29 is 5.11 Å². The zero-order chi connectivity index (χ0) is 15.1. The van der Waals surface area contributed by atoms with Gasteiger partial charge >= 0.3 is 0 Å². The second-order valence-electron chi connectivity index (χ2n) is 5.54. The predicted octanol–water partition coefficient (Wildman–Crippen LogP) is 2.74. The Morgan fingerprint density at radius 2 is 2.05 bits per heavy atom. The molecule has 1 aromatic heterocycles. The van der Waals surface area contributed by atoms with Crippen LogP contribution in [0, 0.1) is 0 Å². The number of aromatic nitrogens is 2. The molecule has 0 aliphatic heterocycles. The van der Waals surface area contributed by atoms with Crippen LogP contribution in [0.1, 0.15) is 38.9 Å². The van der Waals surface area contributed by atoms with Gasteiger partial charge in [-0.25, -0.2) is 4.98 Å². The van der Waals surface area contributed by atoms with Gasteiger partial charge in [0.15, 0.2) is 0 Å². The summed E-state index contributed by atoms with van der Waals surface area (Å²) >= 11 is 0. The van der Waals surface area contributed by atoms with Crippen LogP contribution in [0.2, 0.25) is 0 Å². The van der Waals surface area contributed by atoms with Crippen LogP contribution < -0.4 is 5.32 Å². The molecular weight excluding hydrogens is 262 g/mol. The van der Waals surface area contributed by atoms with E-state index in [2.05, 4.69) is 41.9 Å². The maximum Gasteiger partial charge on any atom is 0.109 e. The van der Waals surface area contributed by atoms with Gasteiger partial charge in [0.1, 0.15) is 5.82 Å². The van der Waals surface area contributed by atoms with Gasteiger partial charge in [0, 0.05) is 19.0 Å². The van der Waals surface area contributed by atoms with Gasteiger partial charge < -0.3 is 15.0 Å². The molecule has 1 heterocycles. The third-order valence-corrected chi connectivity index (χ3v) is 3.81. The summed E-state index contributed by atoms with van der Waals surface area (Å²) in [5, 5.41) is 12.9. The second-order valence-corrected chi connectivity index (χ2v) is 5.54. The van der Waals surface area contributed by atoms with Crippen LogP contribution in [-0.4, -0.2) is 33.9 Å². The Kier molecular flexibility index (Phi) is 6.21. The standard InChI is InChI=1S/C17H27N3O/c1-3-7-17-19-15-8-5-6-9-16(15)20(17)12-10-14(13-21)18-11-4-2/h5-6,8-9,14,18,21H,3-4,7,10-13H2,1-2H3. The van der Waals surface area contributed by atoms with E-state index in [1.165, 1.54) is 5.52 Å². The fraction of sp³-hybridized carbons (Fsp3) is 0.588. The summed E-state index contributed by atoms with van der Waals surface area (Å²) in [6.07, 6.45) is 4.11. The van der Waals surface area contributed by atoms with Crippen LogP contribution in [0.15, 0.2) is 24.3 Å². The zero-order valence-electron chi connectivity index (χ0n) is 13.2. The molecule has 21 heavy (non-hydrogen) atoms. The molecule has 0 aliphatic rings. The van der Waals surface area contributed by atoms with Crippen molar-refractivity contribution in [1.82, 2.24) is 14.9 Å². The molecule has 2 N–H and O–H groups in total. The molecule has 2 aromatic rings. The third-order valence-electron chi connectivity index (χ3n) is 3.81. The van der Waals surface area contributed by atoms with E-state index in [-0.39, 0.29) is 12.6 Å². The molecule has 0 amide bonds. The average Bonchev–Trinajstić information content (AvgIpc) is 2.85. The smallest absolute Gasteiger partial charge is 0.109 e. The van der Waals surface area contributed by atoms with E-state index in [4.69, 9.17) is 4.98 Å². The van der Waals surface area contributed by atoms with Crippen LogP contribution >= 0.6 is 0 Å². The van der Waals surface area contributed by atoms with Crippen molar-refractivity contribution in [3.8, 4) is 0 Å². The minimum atomic E-state index is 0.167. The van der Waals surface area contributed by atoms with Crippen molar-refractivity contribution in [3.63, 3.8) is 0 Å². The highest BCUT2D eigenvalue weighted by molar-refractivity contribution is 5.75. The summed E-state index contributed by atoms with van der Waals surface area (Å²) in [6.45, 7) is 6.37. The molecule has 0 aliphatic carbocycles. The molecule has 1 aromatic carbocycles. The number of benzene rings is 1. The number of fused-ring (bicyclic) bond motifs is 1. The number of imidazole rings is 1. The van der Waals surface area contributed by atoms with Crippen molar-refractivity contribution in [2.75, 3.05) is 13.2 Å². The van der Waals surface area contributed by atoms with Crippen molar-refractivity contribution in [3.05, 3.63) is 30.1 Å². The van der Waals surface area contributed by atoms with Crippen LogP contribution in [0.5, 0.6) is 0 Å². The van der Waals surface area contributed by atoms with Gasteiger partial charge in [-0.15, -0.1) is 0 Å². The van der Waals surface area contributed by atoms with E-state index in [9.17, 15) is 5.11 Å². The van der Waals surface area contributed by atoms with Gasteiger partial charge in [-0.2, -0.15) is 0 Å². The molecule has 2 rings (SSSR count). The zero-order valence-corrected chi connectivity index (χ0v) is 13.2. The first kappa shape index (κ1) is 16.0. The summed E-state index contributed by atoms with van der Waals surface area (Å²) in [5.41, 5.74) is 2.27. The fourth-order valence-electron chi connectivity index (χ4n) is 2.68. The van der Waals surface area contributed by atoms with Gasteiger partial charge in [0.25, 0.3) is 0 Å². The highest BCUT2D eigenvalue weighted by Gasteiger charge is 2.12. The fourth-order valence-corrected chi connectivity index (χ4v) is 2.68. The van der Waals surface area contributed by atoms with Gasteiger partial charge in [-0.3, -0.25) is 0 Å². The van der Waals surface area contributed by atoms with E-state index < -0.39 is 0 Å². The van der Waals surface area contributed by atoms with Gasteiger partial charge in [-0.1, -0.05) is 26.0 Å². The summed E-state index contributed by atoms with van der Waals surface area (Å²) in [7, 11) is 0. The normalized spacial score (nSPS) is 12.9. The Morgan fingerprint density at radius 3 is 2.76 bits per heavy atom. The summed E-state index contributed by atoms with van der Waals surface area (Å²) in [4.78, 5) is 4.75. The number of aliphatic hydroxyl groups is 1. The van der Waals surface area contributed by atoms with Crippen LogP contribution in [0.4, 0.5) is 0 Å². The summed E-state index contributed by atoms with van der Waals surface area (Å²) in [5.74, 6) is 1.16. The van der Waals surface area contributed by atoms with Crippen LogP contribution in [-0.2, 0) is 13.0 Å². The Bertz CT molecular complexity index is 550. The molecule has 4 nitrogen and oxygen atoms in total. The molecule has 1 atom stereocenters. The Labute approximate surface area is 127 Å². The summed E-state index contributed by atoms with van der Waals surface area (Å²) in [6, 6.07) is 8.48. The SMILES string of the molecule is CCCNC(CO)CCn1c(CCC)nc2ccccc21. The number of hydrogen-bond donors (Lipinski definition) is 2. The monoisotopic (exact) mass is 289 g/mol. The largest absolute Gasteiger partial charge is 0.395 e.